The van der Waals surface area contributed by atoms with Gasteiger partial charge in [0, 0.05) is 38.4 Å². The molecule has 0 N–H and O–H groups in total. The first kappa shape index (κ1) is 27.1. The molecule has 3 heterocycles. The quantitative estimate of drug-likeness (QED) is 0.184. The van der Waals surface area contributed by atoms with E-state index in [1.54, 1.807) is 6.92 Å². The molecule has 0 atom stereocenters. The van der Waals surface area contributed by atoms with Gasteiger partial charge in [0.25, 0.3) is 0 Å². The van der Waals surface area contributed by atoms with Gasteiger partial charge in [-0.1, -0.05) is 97.1 Å². The predicted molar refractivity (Wildman–Crippen MR) is 194 cm³/mol. The Morgan fingerprint density at radius 2 is 1.11 bits per heavy atom. The second-order valence-corrected chi connectivity index (χ2v) is 12.0. The third kappa shape index (κ3) is 4.30. The van der Waals surface area contributed by atoms with Gasteiger partial charge in [-0.3, -0.25) is 9.36 Å². The molecule has 222 valence electrons. The molecule has 0 aliphatic rings. The second-order valence-electron chi connectivity index (χ2n) is 12.0. The number of pyridine rings is 1. The zero-order chi connectivity index (χ0) is 31.5. The number of nitrogens with zero attached hydrogens (tertiary/aromatic N) is 3. The first-order chi connectivity index (χ1) is 23.2. The van der Waals surface area contributed by atoms with Crippen LogP contribution in [0.15, 0.2) is 158 Å². The molecule has 0 aliphatic heterocycles. The summed E-state index contributed by atoms with van der Waals surface area (Å²) in [4.78, 5) is 18.1. The van der Waals surface area contributed by atoms with Crippen LogP contribution in [-0.2, 0) is 0 Å². The van der Waals surface area contributed by atoms with Crippen molar-refractivity contribution in [2.75, 3.05) is 0 Å². The highest BCUT2D eigenvalue weighted by Crippen LogP contribution is 2.39. The Morgan fingerprint density at radius 3 is 1.87 bits per heavy atom. The number of para-hydroxylation sites is 2. The van der Waals surface area contributed by atoms with Crippen molar-refractivity contribution < 1.29 is 4.79 Å². The average molecular weight is 604 g/mol. The third-order valence-corrected chi connectivity index (χ3v) is 9.22. The number of carbonyl (C=O) groups is 1. The van der Waals surface area contributed by atoms with Crippen LogP contribution in [-0.4, -0.2) is 19.9 Å². The minimum Gasteiger partial charge on any atom is -0.309 e. The highest BCUT2D eigenvalue weighted by Gasteiger charge is 2.19. The molecule has 0 aliphatic carbocycles. The number of aromatic nitrogens is 3. The van der Waals surface area contributed by atoms with Gasteiger partial charge in [-0.05, 0) is 78.7 Å². The maximum absolute atomic E-state index is 13.0. The Morgan fingerprint density at radius 1 is 0.489 bits per heavy atom. The van der Waals surface area contributed by atoms with Crippen LogP contribution in [0.5, 0.6) is 0 Å². The summed E-state index contributed by atoms with van der Waals surface area (Å²) in [5.41, 5.74) is 10.4. The maximum atomic E-state index is 13.0. The van der Waals surface area contributed by atoms with E-state index in [1.165, 1.54) is 21.8 Å². The number of rotatable bonds is 5. The van der Waals surface area contributed by atoms with Gasteiger partial charge < -0.3 is 4.57 Å². The van der Waals surface area contributed by atoms with Gasteiger partial charge in [0.15, 0.2) is 5.78 Å². The molecular weight excluding hydrogens is 574 g/mol. The smallest absolute Gasteiger partial charge is 0.160 e. The summed E-state index contributed by atoms with van der Waals surface area (Å²) in [6.07, 6.45) is 0. The molecule has 9 rings (SSSR count). The van der Waals surface area contributed by atoms with E-state index in [0.29, 0.717) is 5.56 Å². The molecule has 3 aromatic heterocycles. The number of fused-ring (bicyclic) bond motifs is 6. The van der Waals surface area contributed by atoms with Gasteiger partial charge in [-0.15, -0.1) is 0 Å². The third-order valence-electron chi connectivity index (χ3n) is 9.22. The summed E-state index contributed by atoms with van der Waals surface area (Å²) in [7, 11) is 0. The predicted octanol–water partition coefficient (Wildman–Crippen LogP) is 10.8. The summed E-state index contributed by atoms with van der Waals surface area (Å²) in [6, 6.07) is 54.8. The van der Waals surface area contributed by atoms with Gasteiger partial charge in [-0.25, -0.2) is 4.98 Å². The van der Waals surface area contributed by atoms with E-state index < -0.39 is 0 Å². The maximum Gasteiger partial charge on any atom is 0.160 e. The Kier molecular flexibility index (Phi) is 6.15. The van der Waals surface area contributed by atoms with Gasteiger partial charge in [0.05, 0.1) is 27.8 Å². The van der Waals surface area contributed by atoms with Crippen LogP contribution in [0.3, 0.4) is 0 Å². The molecular formula is C43H29N3O. The molecule has 0 fully saturated rings. The average Bonchev–Trinajstić information content (AvgIpc) is 3.64. The minimum atomic E-state index is 0.0428. The van der Waals surface area contributed by atoms with Crippen LogP contribution < -0.4 is 0 Å². The lowest BCUT2D eigenvalue weighted by Gasteiger charge is -2.10. The first-order valence-corrected chi connectivity index (χ1v) is 15.9. The van der Waals surface area contributed by atoms with Crippen LogP contribution in [0.1, 0.15) is 17.3 Å². The number of ketones is 1. The topological polar surface area (TPSA) is 39.8 Å². The highest BCUT2D eigenvalue weighted by atomic mass is 16.1. The summed E-state index contributed by atoms with van der Waals surface area (Å²) in [5.74, 6) is 0.858. The van der Waals surface area contributed by atoms with Gasteiger partial charge in [0.2, 0.25) is 0 Å². The van der Waals surface area contributed by atoms with E-state index >= 15 is 0 Å². The molecule has 47 heavy (non-hydrogen) atoms. The molecule has 9 aromatic rings. The number of hydrogen-bond acceptors (Lipinski definition) is 2. The first-order valence-electron chi connectivity index (χ1n) is 15.9. The number of benzene rings is 6. The Bertz CT molecular complexity index is 2650. The fraction of sp³-hybridized carbons (Fsp3) is 0.0233. The minimum absolute atomic E-state index is 0.0428. The normalized spacial score (nSPS) is 11.6. The Hall–Kier alpha value is -6.26. The molecule has 0 amide bonds. The largest absolute Gasteiger partial charge is 0.309 e. The number of carbonyl (C=O) groups excluding carboxylic acids is 1. The lowest BCUT2D eigenvalue weighted by Crippen LogP contribution is -1.99. The molecule has 6 aromatic carbocycles. The van der Waals surface area contributed by atoms with E-state index in [0.717, 1.165) is 55.7 Å². The zero-order valence-electron chi connectivity index (χ0n) is 25.8. The van der Waals surface area contributed by atoms with E-state index in [-0.39, 0.29) is 5.78 Å². The lowest BCUT2D eigenvalue weighted by atomic mass is 9.98. The van der Waals surface area contributed by atoms with Crippen molar-refractivity contribution in [3.05, 3.63) is 163 Å². The summed E-state index contributed by atoms with van der Waals surface area (Å²) in [5, 5.41) is 4.40. The highest BCUT2D eigenvalue weighted by molar-refractivity contribution is 6.19. The van der Waals surface area contributed by atoms with Crippen molar-refractivity contribution in [3.8, 4) is 33.9 Å². The molecule has 0 saturated carbocycles. The fourth-order valence-electron chi connectivity index (χ4n) is 7.12. The molecule has 0 spiro atoms. The van der Waals surface area contributed by atoms with E-state index in [9.17, 15) is 4.79 Å². The van der Waals surface area contributed by atoms with Gasteiger partial charge in [-0.2, -0.15) is 0 Å². The van der Waals surface area contributed by atoms with Gasteiger partial charge >= 0.3 is 0 Å². The molecule has 0 saturated heterocycles. The van der Waals surface area contributed by atoms with Crippen LogP contribution >= 0.6 is 0 Å². The number of Topliss-reactive ketones (excluding diaryl/α,β-unsaturated/α-hetero) is 1. The van der Waals surface area contributed by atoms with Crippen molar-refractivity contribution >= 4 is 49.4 Å². The van der Waals surface area contributed by atoms with Crippen LogP contribution in [0, 0.1) is 0 Å². The van der Waals surface area contributed by atoms with E-state index in [4.69, 9.17) is 4.98 Å². The number of hydrogen-bond donors (Lipinski definition) is 0. The Labute approximate surface area is 271 Å². The SMILES string of the molecule is CC(=O)c1cccc2c1c1cc(-c3ccc4c(c3)c3ccccc3n4-c3ccccc3)ccc1n2-c1cccc(-c2ccccc2)n1. The van der Waals surface area contributed by atoms with Crippen molar-refractivity contribution in [2.45, 2.75) is 6.92 Å². The van der Waals surface area contributed by atoms with Crippen molar-refractivity contribution in [1.29, 1.82) is 0 Å². The van der Waals surface area contributed by atoms with E-state index in [2.05, 4.69) is 118 Å². The summed E-state index contributed by atoms with van der Waals surface area (Å²) < 4.78 is 4.52. The Balaban J connectivity index is 1.27. The van der Waals surface area contributed by atoms with Crippen molar-refractivity contribution in [1.82, 2.24) is 14.1 Å². The zero-order valence-corrected chi connectivity index (χ0v) is 25.8. The van der Waals surface area contributed by atoms with Crippen molar-refractivity contribution in [2.24, 2.45) is 0 Å². The summed E-state index contributed by atoms with van der Waals surface area (Å²) >= 11 is 0. The molecule has 0 radical (unpaired) electrons. The van der Waals surface area contributed by atoms with E-state index in [1.807, 2.05) is 48.5 Å². The molecule has 0 bridgehead atoms. The standard InChI is InChI=1S/C43H29N3O/c1-28(47)33-17-10-20-41-43(33)36-27-31(23-25-40(36)46(41)42-21-11-18-37(44-42)29-12-4-2-5-13-29)30-22-24-39-35(26-30)34-16-8-9-19-38(34)45(39)32-14-6-3-7-15-32/h2-27H,1H3. The van der Waals surface area contributed by atoms with Crippen LogP contribution in [0.4, 0.5) is 0 Å². The fourth-order valence-corrected chi connectivity index (χ4v) is 7.12. The molecule has 0 unspecified atom stereocenters. The van der Waals surface area contributed by atoms with Gasteiger partial charge in [0.1, 0.15) is 5.82 Å². The molecule has 4 heteroatoms. The van der Waals surface area contributed by atoms with Crippen molar-refractivity contribution in [3.63, 3.8) is 0 Å². The van der Waals surface area contributed by atoms with Crippen LogP contribution in [0.25, 0.3) is 77.5 Å². The monoisotopic (exact) mass is 603 g/mol. The second kappa shape index (κ2) is 10.7. The molecule has 4 nitrogen and oxygen atoms in total. The lowest BCUT2D eigenvalue weighted by molar-refractivity contribution is 0.101. The summed E-state index contributed by atoms with van der Waals surface area (Å²) in [6.45, 7) is 1.65. The van der Waals surface area contributed by atoms with Crippen LogP contribution in [0.2, 0.25) is 0 Å².